The number of carbonyl (C=O) groups is 2. The second-order valence-corrected chi connectivity index (χ2v) is 6.71. The van der Waals surface area contributed by atoms with E-state index in [-0.39, 0.29) is 5.69 Å². The number of fused-ring (bicyclic) bond motifs is 3. The number of nitrogens with one attached hydrogen (secondary N) is 2. The first-order valence-corrected chi connectivity index (χ1v) is 8.66. The van der Waals surface area contributed by atoms with Crippen LogP contribution in [0.5, 0.6) is 0 Å². The average molecular weight is 360 g/mol. The number of rotatable bonds is 4. The van der Waals surface area contributed by atoms with Crippen molar-refractivity contribution >= 4 is 49.0 Å². The number of H-pyrrole nitrogens is 1. The summed E-state index contributed by atoms with van der Waals surface area (Å²) in [7, 11) is 0. The number of aromatic amines is 1. The first-order valence-electron chi connectivity index (χ1n) is 7.84. The van der Waals surface area contributed by atoms with Crippen LogP contribution in [0.1, 0.15) is 10.5 Å². The predicted molar refractivity (Wildman–Crippen MR) is 100.0 cm³/mol. The average Bonchev–Trinajstić information content (AvgIpc) is 3.22. The minimum absolute atomic E-state index is 0.121. The van der Waals surface area contributed by atoms with Crippen LogP contribution in [0, 0.1) is 17.2 Å². The number of amides is 1. The first-order chi connectivity index (χ1) is 12.7. The molecule has 2 aromatic heterocycles. The highest BCUT2D eigenvalue weighted by Gasteiger charge is 2.31. The van der Waals surface area contributed by atoms with Crippen molar-refractivity contribution in [1.29, 1.82) is 5.26 Å². The number of benzene rings is 2. The van der Waals surface area contributed by atoms with Crippen molar-refractivity contribution in [2.75, 3.05) is 5.32 Å². The first kappa shape index (κ1) is 16.0. The molecular weight excluding hydrogens is 348 g/mol. The van der Waals surface area contributed by atoms with Crippen molar-refractivity contribution in [3.8, 4) is 6.07 Å². The summed E-state index contributed by atoms with van der Waals surface area (Å²) in [5.74, 6) is -2.74. The summed E-state index contributed by atoms with van der Waals surface area (Å²) in [6, 6.07) is 18.2. The highest BCUT2D eigenvalue weighted by Crippen LogP contribution is 2.34. The van der Waals surface area contributed by atoms with E-state index in [1.165, 1.54) is 11.3 Å². The smallest absolute Gasteiger partial charge is 0.249 e. The zero-order valence-electron chi connectivity index (χ0n) is 13.4. The van der Waals surface area contributed by atoms with E-state index in [9.17, 15) is 14.9 Å². The lowest BCUT2D eigenvalue weighted by Crippen LogP contribution is -2.29. The third-order valence-electron chi connectivity index (χ3n) is 4.02. The molecule has 1 unspecified atom stereocenters. The SMILES string of the molecule is N#CC(C(=O)Nc1ccccc1)C(=O)c1n[nH]c2c1sc1ccccc12. The van der Waals surface area contributed by atoms with Crippen LogP contribution in [-0.4, -0.2) is 21.9 Å². The molecule has 26 heavy (non-hydrogen) atoms. The Morgan fingerprint density at radius 2 is 1.85 bits per heavy atom. The highest BCUT2D eigenvalue weighted by atomic mass is 32.1. The van der Waals surface area contributed by atoms with Gasteiger partial charge in [0.1, 0.15) is 5.69 Å². The lowest BCUT2D eigenvalue weighted by molar-refractivity contribution is -0.117. The quantitative estimate of drug-likeness (QED) is 0.428. The van der Waals surface area contributed by atoms with Gasteiger partial charge in [-0.15, -0.1) is 11.3 Å². The third-order valence-corrected chi connectivity index (χ3v) is 5.20. The van der Waals surface area contributed by atoms with E-state index in [0.717, 1.165) is 15.6 Å². The molecule has 0 saturated carbocycles. The molecule has 1 amide bonds. The van der Waals surface area contributed by atoms with Crippen molar-refractivity contribution < 1.29 is 9.59 Å². The van der Waals surface area contributed by atoms with Crippen LogP contribution in [0.4, 0.5) is 5.69 Å². The van der Waals surface area contributed by atoms with Crippen molar-refractivity contribution in [2.24, 2.45) is 5.92 Å². The molecule has 6 nitrogen and oxygen atoms in total. The van der Waals surface area contributed by atoms with Crippen LogP contribution in [0.3, 0.4) is 0 Å². The summed E-state index contributed by atoms with van der Waals surface area (Å²) < 4.78 is 1.66. The van der Waals surface area contributed by atoms with Crippen LogP contribution in [0.25, 0.3) is 20.3 Å². The van der Waals surface area contributed by atoms with Gasteiger partial charge < -0.3 is 5.32 Å². The lowest BCUT2D eigenvalue weighted by atomic mass is 10.0. The number of Topliss-reactive ketones (excluding diaryl/α,β-unsaturated/α-hetero) is 1. The van der Waals surface area contributed by atoms with E-state index in [4.69, 9.17) is 0 Å². The van der Waals surface area contributed by atoms with Gasteiger partial charge >= 0.3 is 0 Å². The zero-order valence-corrected chi connectivity index (χ0v) is 14.2. The molecule has 7 heteroatoms. The molecule has 0 aliphatic heterocycles. The maximum absolute atomic E-state index is 12.8. The van der Waals surface area contributed by atoms with E-state index in [1.54, 1.807) is 30.3 Å². The molecule has 0 radical (unpaired) electrons. The fraction of sp³-hybridized carbons (Fsp3) is 0.0526. The number of carbonyl (C=O) groups excluding carboxylic acids is 2. The normalized spacial score (nSPS) is 12.0. The number of hydrogen-bond donors (Lipinski definition) is 2. The molecule has 0 saturated heterocycles. The molecular formula is C19H12N4O2S. The van der Waals surface area contributed by atoms with E-state index in [2.05, 4.69) is 15.5 Å². The van der Waals surface area contributed by atoms with Crippen LogP contribution < -0.4 is 5.32 Å². The molecule has 0 fully saturated rings. The number of nitriles is 1. The van der Waals surface area contributed by atoms with Crippen molar-refractivity contribution in [2.45, 2.75) is 0 Å². The van der Waals surface area contributed by atoms with E-state index in [1.807, 2.05) is 30.3 Å². The molecule has 0 aliphatic rings. The predicted octanol–water partition coefficient (Wildman–Crippen LogP) is 3.74. The monoisotopic (exact) mass is 360 g/mol. The molecule has 126 valence electrons. The minimum atomic E-state index is -1.47. The maximum atomic E-state index is 12.8. The zero-order chi connectivity index (χ0) is 18.1. The van der Waals surface area contributed by atoms with Crippen LogP contribution in [-0.2, 0) is 4.79 Å². The van der Waals surface area contributed by atoms with Gasteiger partial charge in [0.2, 0.25) is 11.7 Å². The van der Waals surface area contributed by atoms with Gasteiger partial charge in [-0.1, -0.05) is 36.4 Å². The van der Waals surface area contributed by atoms with Gasteiger partial charge in [0.25, 0.3) is 0 Å². The number of para-hydroxylation sites is 1. The minimum Gasteiger partial charge on any atom is -0.325 e. The Labute approximate surface area is 152 Å². The number of ketones is 1. The molecule has 0 bridgehead atoms. The largest absolute Gasteiger partial charge is 0.325 e. The van der Waals surface area contributed by atoms with E-state index < -0.39 is 17.6 Å². The Morgan fingerprint density at radius 3 is 2.62 bits per heavy atom. The number of anilines is 1. The topological polar surface area (TPSA) is 98.6 Å². The Kier molecular flexibility index (Phi) is 3.95. The second kappa shape index (κ2) is 6.43. The summed E-state index contributed by atoms with van der Waals surface area (Å²) in [5, 5.41) is 19.9. The van der Waals surface area contributed by atoms with Gasteiger partial charge in [-0.2, -0.15) is 10.4 Å². The van der Waals surface area contributed by atoms with Gasteiger partial charge in [0.05, 0.1) is 16.3 Å². The van der Waals surface area contributed by atoms with Gasteiger partial charge in [-0.3, -0.25) is 14.7 Å². The summed E-state index contributed by atoms with van der Waals surface area (Å²) in [4.78, 5) is 25.2. The van der Waals surface area contributed by atoms with Gasteiger partial charge in [0.15, 0.2) is 5.92 Å². The van der Waals surface area contributed by atoms with E-state index in [0.29, 0.717) is 10.4 Å². The standard InChI is InChI=1S/C19H12N4O2S/c20-10-13(19(25)21-11-6-2-1-3-7-11)17(24)16-18-15(22-23-16)12-8-4-5-9-14(12)26-18/h1-9,13H,(H,21,25)(H,22,23). The second-order valence-electron chi connectivity index (χ2n) is 5.66. The molecule has 4 rings (SSSR count). The van der Waals surface area contributed by atoms with Crippen LogP contribution in [0.2, 0.25) is 0 Å². The lowest BCUT2D eigenvalue weighted by Gasteiger charge is -2.08. The molecule has 2 aromatic carbocycles. The van der Waals surface area contributed by atoms with Gasteiger partial charge in [-0.25, -0.2) is 0 Å². The molecule has 4 aromatic rings. The Morgan fingerprint density at radius 1 is 1.12 bits per heavy atom. The molecule has 1 atom stereocenters. The van der Waals surface area contributed by atoms with Crippen LogP contribution in [0.15, 0.2) is 54.6 Å². The summed E-state index contributed by atoms with van der Waals surface area (Å²) in [6.45, 7) is 0. The van der Waals surface area contributed by atoms with E-state index >= 15 is 0 Å². The van der Waals surface area contributed by atoms with Crippen molar-refractivity contribution in [3.63, 3.8) is 0 Å². The molecule has 2 N–H and O–H groups in total. The van der Waals surface area contributed by atoms with Crippen LogP contribution >= 0.6 is 11.3 Å². The van der Waals surface area contributed by atoms with Gasteiger partial charge in [0, 0.05) is 15.8 Å². The van der Waals surface area contributed by atoms with Gasteiger partial charge in [-0.05, 0) is 18.2 Å². The maximum Gasteiger partial charge on any atom is 0.249 e. The summed E-state index contributed by atoms with van der Waals surface area (Å²) in [5.41, 5.74) is 1.39. The number of aromatic nitrogens is 2. The highest BCUT2D eigenvalue weighted by molar-refractivity contribution is 7.26. The number of hydrogen-bond acceptors (Lipinski definition) is 5. The van der Waals surface area contributed by atoms with Crippen molar-refractivity contribution in [1.82, 2.24) is 10.2 Å². The Balaban J connectivity index is 1.68. The Bertz CT molecular complexity index is 1170. The molecule has 0 spiro atoms. The number of nitrogens with zero attached hydrogens (tertiary/aromatic N) is 2. The fourth-order valence-corrected chi connectivity index (χ4v) is 3.91. The molecule has 2 heterocycles. The molecule has 0 aliphatic carbocycles. The summed E-state index contributed by atoms with van der Waals surface area (Å²) >= 11 is 1.41. The van der Waals surface area contributed by atoms with Crippen molar-refractivity contribution in [3.05, 3.63) is 60.3 Å². The number of thiophene rings is 1. The Hall–Kier alpha value is -3.50. The fourth-order valence-electron chi connectivity index (χ4n) is 2.76. The summed E-state index contributed by atoms with van der Waals surface area (Å²) in [6.07, 6.45) is 0. The third kappa shape index (κ3) is 2.62.